The third kappa shape index (κ3) is 5.65. The molecule has 2 rings (SSSR count). The minimum atomic E-state index is -0.149. The maximum Gasteiger partial charge on any atom is 0.270 e. The van der Waals surface area contributed by atoms with E-state index in [1.165, 1.54) is 11.3 Å². The first-order chi connectivity index (χ1) is 11.1. The van der Waals surface area contributed by atoms with Gasteiger partial charge in [0.2, 0.25) is 0 Å². The summed E-state index contributed by atoms with van der Waals surface area (Å²) in [4.78, 5) is 16.4. The van der Waals surface area contributed by atoms with Crippen LogP contribution in [-0.4, -0.2) is 30.1 Å². The number of para-hydroxylation sites is 1. The van der Waals surface area contributed by atoms with Crippen molar-refractivity contribution in [2.75, 3.05) is 18.5 Å². The summed E-state index contributed by atoms with van der Waals surface area (Å²) in [6.07, 6.45) is 1.02. The zero-order chi connectivity index (χ0) is 16.7. The molecule has 0 bridgehead atoms. The number of amides is 1. The highest BCUT2D eigenvalue weighted by molar-refractivity contribution is 7.14. The number of carbonyl (C=O) groups is 1. The van der Waals surface area contributed by atoms with Gasteiger partial charge in [0.15, 0.2) is 5.13 Å². The number of rotatable bonds is 8. The molecule has 1 aromatic heterocycles. The van der Waals surface area contributed by atoms with E-state index in [9.17, 15) is 4.79 Å². The molecule has 0 aliphatic heterocycles. The molecule has 0 aliphatic rings. The fourth-order valence-corrected chi connectivity index (χ4v) is 2.65. The van der Waals surface area contributed by atoms with Crippen LogP contribution >= 0.6 is 11.3 Å². The maximum absolute atomic E-state index is 12.0. The zero-order valence-corrected chi connectivity index (χ0v) is 14.6. The first-order valence-electron chi connectivity index (χ1n) is 7.74. The predicted molar refractivity (Wildman–Crippen MR) is 94.6 cm³/mol. The fourth-order valence-electron chi connectivity index (χ4n) is 1.95. The number of benzene rings is 1. The van der Waals surface area contributed by atoms with Crippen molar-refractivity contribution in [2.45, 2.75) is 33.3 Å². The Morgan fingerprint density at radius 2 is 2.13 bits per heavy atom. The van der Waals surface area contributed by atoms with E-state index < -0.39 is 0 Å². The van der Waals surface area contributed by atoms with Crippen molar-refractivity contribution in [3.8, 4) is 0 Å². The quantitative estimate of drug-likeness (QED) is 0.722. The van der Waals surface area contributed by atoms with Crippen LogP contribution in [0.4, 0.5) is 10.8 Å². The second kappa shape index (κ2) is 8.64. The third-order valence-corrected chi connectivity index (χ3v) is 3.94. The van der Waals surface area contributed by atoms with Crippen molar-refractivity contribution >= 4 is 28.1 Å². The Morgan fingerprint density at radius 1 is 1.35 bits per heavy atom. The van der Waals surface area contributed by atoms with Crippen molar-refractivity contribution in [3.05, 3.63) is 40.9 Å². The Balaban J connectivity index is 1.82. The van der Waals surface area contributed by atoms with Gasteiger partial charge in [-0.25, -0.2) is 4.98 Å². The summed E-state index contributed by atoms with van der Waals surface area (Å²) >= 11 is 1.42. The summed E-state index contributed by atoms with van der Waals surface area (Å²) in [6.45, 7) is 7.26. The number of aromatic nitrogens is 1. The Bertz CT molecular complexity index is 640. The number of hydrogen-bond donors (Lipinski definition) is 2. The minimum absolute atomic E-state index is 0.149. The molecule has 124 valence electrons. The van der Waals surface area contributed by atoms with E-state index in [1.807, 2.05) is 45.0 Å². The van der Waals surface area contributed by atoms with E-state index in [2.05, 4.69) is 15.6 Å². The van der Waals surface area contributed by atoms with Crippen molar-refractivity contribution in [2.24, 2.45) is 0 Å². The van der Waals surface area contributed by atoms with Crippen LogP contribution in [0, 0.1) is 6.92 Å². The lowest BCUT2D eigenvalue weighted by atomic mass is 10.2. The lowest BCUT2D eigenvalue weighted by Crippen LogP contribution is -2.25. The van der Waals surface area contributed by atoms with E-state index in [1.54, 1.807) is 5.38 Å². The zero-order valence-electron chi connectivity index (χ0n) is 13.8. The number of thiazole rings is 1. The molecule has 2 aromatic rings. The molecule has 0 fully saturated rings. The molecule has 6 heteroatoms. The van der Waals surface area contributed by atoms with E-state index in [4.69, 9.17) is 4.74 Å². The van der Waals surface area contributed by atoms with E-state index in [-0.39, 0.29) is 12.0 Å². The summed E-state index contributed by atoms with van der Waals surface area (Å²) < 4.78 is 5.44. The molecule has 1 aromatic carbocycles. The van der Waals surface area contributed by atoms with Gasteiger partial charge in [0.25, 0.3) is 5.91 Å². The van der Waals surface area contributed by atoms with Gasteiger partial charge in [-0.1, -0.05) is 18.2 Å². The molecule has 0 unspecified atom stereocenters. The maximum atomic E-state index is 12.0. The summed E-state index contributed by atoms with van der Waals surface area (Å²) in [6, 6.07) is 7.98. The molecular formula is C17H23N3O2S. The lowest BCUT2D eigenvalue weighted by Gasteiger charge is -2.07. The standard InChI is InChI=1S/C17H23N3O2S/c1-12(2)22-10-6-9-18-16(21)15-11-23-17(20-15)19-14-8-5-4-7-13(14)3/h4-5,7-8,11-12H,6,9-10H2,1-3H3,(H,18,21)(H,19,20). The van der Waals surface area contributed by atoms with Gasteiger partial charge in [-0.3, -0.25) is 4.79 Å². The Hall–Kier alpha value is -1.92. The Labute approximate surface area is 141 Å². The Kier molecular flexibility index (Phi) is 6.55. The molecule has 1 heterocycles. The van der Waals surface area contributed by atoms with Crippen LogP contribution in [0.2, 0.25) is 0 Å². The SMILES string of the molecule is Cc1ccccc1Nc1nc(C(=O)NCCCOC(C)C)cs1. The highest BCUT2D eigenvalue weighted by atomic mass is 32.1. The lowest BCUT2D eigenvalue weighted by molar-refractivity contribution is 0.0756. The third-order valence-electron chi connectivity index (χ3n) is 3.18. The number of anilines is 2. The molecule has 0 atom stereocenters. The highest BCUT2D eigenvalue weighted by Gasteiger charge is 2.10. The summed E-state index contributed by atoms with van der Waals surface area (Å²) in [5, 5.41) is 8.58. The second-order valence-corrected chi connectivity index (χ2v) is 6.36. The number of aryl methyl sites for hydroxylation is 1. The van der Waals surface area contributed by atoms with Gasteiger partial charge in [-0.05, 0) is 38.8 Å². The molecule has 0 spiro atoms. The van der Waals surface area contributed by atoms with E-state index in [0.717, 1.165) is 17.7 Å². The van der Waals surface area contributed by atoms with Crippen LogP contribution in [0.15, 0.2) is 29.6 Å². The number of nitrogens with zero attached hydrogens (tertiary/aromatic N) is 1. The van der Waals surface area contributed by atoms with E-state index >= 15 is 0 Å². The van der Waals surface area contributed by atoms with Gasteiger partial charge in [0.05, 0.1) is 6.10 Å². The van der Waals surface area contributed by atoms with Crippen LogP contribution in [0.5, 0.6) is 0 Å². The van der Waals surface area contributed by atoms with Crippen LogP contribution < -0.4 is 10.6 Å². The molecule has 2 N–H and O–H groups in total. The number of nitrogens with one attached hydrogen (secondary N) is 2. The van der Waals surface area contributed by atoms with Gasteiger partial charge in [-0.15, -0.1) is 11.3 Å². The summed E-state index contributed by atoms with van der Waals surface area (Å²) in [5.74, 6) is -0.149. The predicted octanol–water partition coefficient (Wildman–Crippen LogP) is 3.74. The van der Waals surface area contributed by atoms with Crippen molar-refractivity contribution in [1.82, 2.24) is 10.3 Å². The topological polar surface area (TPSA) is 63.2 Å². The average Bonchev–Trinajstić information content (AvgIpc) is 2.97. The molecule has 23 heavy (non-hydrogen) atoms. The van der Waals surface area contributed by atoms with Gasteiger partial charge in [0, 0.05) is 24.2 Å². The van der Waals surface area contributed by atoms with Crippen LogP contribution in [0.25, 0.3) is 0 Å². The van der Waals surface area contributed by atoms with Gasteiger partial charge < -0.3 is 15.4 Å². The van der Waals surface area contributed by atoms with Crippen molar-refractivity contribution < 1.29 is 9.53 Å². The molecule has 1 amide bonds. The van der Waals surface area contributed by atoms with E-state index in [0.29, 0.717) is 24.0 Å². The molecule has 0 saturated carbocycles. The van der Waals surface area contributed by atoms with Gasteiger partial charge in [-0.2, -0.15) is 0 Å². The number of carbonyl (C=O) groups excluding carboxylic acids is 1. The average molecular weight is 333 g/mol. The Morgan fingerprint density at radius 3 is 2.87 bits per heavy atom. The molecular weight excluding hydrogens is 310 g/mol. The molecule has 0 saturated heterocycles. The van der Waals surface area contributed by atoms with Gasteiger partial charge in [0.1, 0.15) is 5.69 Å². The van der Waals surface area contributed by atoms with Crippen LogP contribution in [0.3, 0.4) is 0 Å². The minimum Gasteiger partial charge on any atom is -0.379 e. The summed E-state index contributed by atoms with van der Waals surface area (Å²) in [7, 11) is 0. The van der Waals surface area contributed by atoms with Crippen molar-refractivity contribution in [3.63, 3.8) is 0 Å². The molecule has 0 radical (unpaired) electrons. The molecule has 5 nitrogen and oxygen atoms in total. The normalized spacial score (nSPS) is 10.8. The van der Waals surface area contributed by atoms with Crippen LogP contribution in [-0.2, 0) is 4.74 Å². The van der Waals surface area contributed by atoms with Gasteiger partial charge >= 0.3 is 0 Å². The molecule has 0 aliphatic carbocycles. The number of ether oxygens (including phenoxy) is 1. The van der Waals surface area contributed by atoms with Crippen LogP contribution in [0.1, 0.15) is 36.3 Å². The highest BCUT2D eigenvalue weighted by Crippen LogP contribution is 2.23. The largest absolute Gasteiger partial charge is 0.379 e. The van der Waals surface area contributed by atoms with Crippen molar-refractivity contribution in [1.29, 1.82) is 0 Å². The first kappa shape index (κ1) is 17.4. The monoisotopic (exact) mass is 333 g/mol. The second-order valence-electron chi connectivity index (χ2n) is 5.51. The summed E-state index contributed by atoms with van der Waals surface area (Å²) in [5.41, 5.74) is 2.58. The fraction of sp³-hybridized carbons (Fsp3) is 0.412. The smallest absolute Gasteiger partial charge is 0.270 e. The first-order valence-corrected chi connectivity index (χ1v) is 8.62. The number of hydrogen-bond acceptors (Lipinski definition) is 5.